The zero-order chi connectivity index (χ0) is 9.47. The largest absolute Gasteiger partial charge is 0.321 e. The molecule has 1 aliphatic rings. The third-order valence-electron chi connectivity index (χ3n) is 2.52. The second kappa shape index (κ2) is 3.00. The molecule has 1 saturated carbocycles. The molecule has 0 heterocycles. The Morgan fingerprint density at radius 3 is 2.62 bits per heavy atom. The SMILES string of the molecule is CSc1ccc(C2(N)CC2)cc1F. The van der Waals surface area contributed by atoms with Crippen molar-refractivity contribution in [3.63, 3.8) is 0 Å². The average Bonchev–Trinajstić information content (AvgIpc) is 2.85. The van der Waals surface area contributed by atoms with Gasteiger partial charge in [-0.3, -0.25) is 0 Å². The fraction of sp³-hybridized carbons (Fsp3) is 0.400. The van der Waals surface area contributed by atoms with Crippen molar-refractivity contribution in [2.24, 2.45) is 5.73 Å². The number of thioether (sulfide) groups is 1. The van der Waals surface area contributed by atoms with E-state index in [1.807, 2.05) is 18.4 Å². The molecule has 2 rings (SSSR count). The van der Waals surface area contributed by atoms with E-state index in [2.05, 4.69) is 0 Å². The fourth-order valence-electron chi connectivity index (χ4n) is 1.40. The number of halogens is 1. The van der Waals surface area contributed by atoms with Gasteiger partial charge in [-0.2, -0.15) is 0 Å². The van der Waals surface area contributed by atoms with Crippen molar-refractivity contribution in [2.45, 2.75) is 23.3 Å². The third kappa shape index (κ3) is 1.58. The van der Waals surface area contributed by atoms with Crippen LogP contribution in [0, 0.1) is 5.82 Å². The summed E-state index contributed by atoms with van der Waals surface area (Å²) in [5.41, 5.74) is 6.66. The van der Waals surface area contributed by atoms with Gasteiger partial charge in [0.15, 0.2) is 0 Å². The minimum absolute atomic E-state index is 0.151. The van der Waals surface area contributed by atoms with Gasteiger partial charge >= 0.3 is 0 Å². The van der Waals surface area contributed by atoms with Gasteiger partial charge in [-0.1, -0.05) is 6.07 Å². The summed E-state index contributed by atoms with van der Waals surface area (Å²) in [5, 5.41) is 0. The smallest absolute Gasteiger partial charge is 0.137 e. The van der Waals surface area contributed by atoms with E-state index in [4.69, 9.17) is 5.73 Å². The Kier molecular flexibility index (Phi) is 2.08. The van der Waals surface area contributed by atoms with Crippen LogP contribution in [0.2, 0.25) is 0 Å². The molecule has 1 fully saturated rings. The molecule has 1 aromatic carbocycles. The van der Waals surface area contributed by atoms with E-state index < -0.39 is 0 Å². The molecule has 3 heteroatoms. The van der Waals surface area contributed by atoms with Gasteiger partial charge in [0.25, 0.3) is 0 Å². The molecule has 1 nitrogen and oxygen atoms in total. The number of hydrogen-bond acceptors (Lipinski definition) is 2. The first-order valence-electron chi connectivity index (χ1n) is 4.29. The molecule has 2 N–H and O–H groups in total. The van der Waals surface area contributed by atoms with Crippen molar-refractivity contribution in [3.8, 4) is 0 Å². The lowest BCUT2D eigenvalue weighted by Crippen LogP contribution is -2.18. The highest BCUT2D eigenvalue weighted by atomic mass is 32.2. The summed E-state index contributed by atoms with van der Waals surface area (Å²) in [6.45, 7) is 0. The van der Waals surface area contributed by atoms with Crippen LogP contribution in [-0.2, 0) is 5.54 Å². The van der Waals surface area contributed by atoms with Gasteiger partial charge < -0.3 is 5.73 Å². The van der Waals surface area contributed by atoms with Gasteiger partial charge in [-0.15, -0.1) is 11.8 Å². The monoisotopic (exact) mass is 197 g/mol. The zero-order valence-electron chi connectivity index (χ0n) is 7.51. The van der Waals surface area contributed by atoms with E-state index in [1.54, 1.807) is 6.07 Å². The minimum Gasteiger partial charge on any atom is -0.321 e. The molecule has 13 heavy (non-hydrogen) atoms. The molecule has 0 aliphatic heterocycles. The number of rotatable bonds is 2. The molecule has 1 aliphatic carbocycles. The molecular weight excluding hydrogens is 185 g/mol. The van der Waals surface area contributed by atoms with Crippen molar-refractivity contribution >= 4 is 11.8 Å². The minimum atomic E-state index is -0.224. The molecule has 0 radical (unpaired) electrons. The molecule has 0 aromatic heterocycles. The highest BCUT2D eigenvalue weighted by Crippen LogP contribution is 2.43. The van der Waals surface area contributed by atoms with Gasteiger partial charge in [0.2, 0.25) is 0 Å². The molecule has 0 spiro atoms. The molecule has 0 atom stereocenters. The lowest BCUT2D eigenvalue weighted by atomic mass is 10.1. The summed E-state index contributed by atoms with van der Waals surface area (Å²) >= 11 is 1.42. The van der Waals surface area contributed by atoms with Crippen LogP contribution < -0.4 is 5.73 Å². The van der Waals surface area contributed by atoms with Crippen molar-refractivity contribution in [1.82, 2.24) is 0 Å². The van der Waals surface area contributed by atoms with Crippen molar-refractivity contribution in [1.29, 1.82) is 0 Å². The van der Waals surface area contributed by atoms with E-state index in [0.717, 1.165) is 18.4 Å². The second-order valence-corrected chi connectivity index (χ2v) is 4.35. The van der Waals surface area contributed by atoms with E-state index >= 15 is 0 Å². The Balaban J connectivity index is 2.36. The van der Waals surface area contributed by atoms with Crippen LogP contribution in [0.15, 0.2) is 23.1 Å². The standard InChI is InChI=1S/C10H12FNS/c1-13-9-3-2-7(6-8(9)11)10(12)4-5-10/h2-3,6H,4-5,12H2,1H3. The number of benzene rings is 1. The Bertz CT molecular complexity index is 334. The Labute approximate surface area is 81.5 Å². The van der Waals surface area contributed by atoms with Gasteiger partial charge in [-0.05, 0) is 36.8 Å². The van der Waals surface area contributed by atoms with Crippen LogP contribution in [0.25, 0.3) is 0 Å². The molecule has 0 saturated heterocycles. The third-order valence-corrected chi connectivity index (χ3v) is 3.29. The summed E-state index contributed by atoms with van der Waals surface area (Å²) in [6.07, 6.45) is 3.82. The first-order chi connectivity index (χ1) is 6.15. The first-order valence-corrected chi connectivity index (χ1v) is 5.51. The Morgan fingerprint density at radius 1 is 1.46 bits per heavy atom. The van der Waals surface area contributed by atoms with Crippen molar-refractivity contribution in [3.05, 3.63) is 29.6 Å². The Hall–Kier alpha value is -0.540. The predicted molar refractivity (Wildman–Crippen MR) is 53.3 cm³/mol. The molecule has 0 bridgehead atoms. The molecular formula is C10H12FNS. The topological polar surface area (TPSA) is 26.0 Å². The highest BCUT2D eigenvalue weighted by molar-refractivity contribution is 7.98. The highest BCUT2D eigenvalue weighted by Gasteiger charge is 2.40. The van der Waals surface area contributed by atoms with E-state index in [1.165, 1.54) is 11.8 Å². The lowest BCUT2D eigenvalue weighted by Gasteiger charge is -2.09. The molecule has 1 aromatic rings. The van der Waals surface area contributed by atoms with Crippen molar-refractivity contribution < 1.29 is 4.39 Å². The maximum atomic E-state index is 13.3. The number of hydrogen-bond donors (Lipinski definition) is 1. The first kappa shape index (κ1) is 9.03. The van der Waals surface area contributed by atoms with Crippen LogP contribution in [-0.4, -0.2) is 6.26 Å². The van der Waals surface area contributed by atoms with Crippen molar-refractivity contribution in [2.75, 3.05) is 6.26 Å². The van der Waals surface area contributed by atoms with E-state index in [-0.39, 0.29) is 11.4 Å². The van der Waals surface area contributed by atoms with Gasteiger partial charge in [-0.25, -0.2) is 4.39 Å². The van der Waals surface area contributed by atoms with Crippen LogP contribution in [0.3, 0.4) is 0 Å². The molecule has 0 unspecified atom stereocenters. The maximum absolute atomic E-state index is 13.3. The van der Waals surface area contributed by atoms with E-state index in [9.17, 15) is 4.39 Å². The van der Waals surface area contributed by atoms with Gasteiger partial charge in [0, 0.05) is 10.4 Å². The van der Waals surface area contributed by atoms with Crippen LogP contribution >= 0.6 is 11.8 Å². The summed E-state index contributed by atoms with van der Waals surface area (Å²) in [4.78, 5) is 0.688. The summed E-state index contributed by atoms with van der Waals surface area (Å²) in [7, 11) is 0. The average molecular weight is 197 g/mol. The number of nitrogens with two attached hydrogens (primary N) is 1. The Morgan fingerprint density at radius 2 is 2.15 bits per heavy atom. The fourth-order valence-corrected chi connectivity index (χ4v) is 1.86. The van der Waals surface area contributed by atoms with Gasteiger partial charge in [0.05, 0.1) is 0 Å². The zero-order valence-corrected chi connectivity index (χ0v) is 8.33. The van der Waals surface area contributed by atoms with Crippen LogP contribution in [0.5, 0.6) is 0 Å². The summed E-state index contributed by atoms with van der Waals surface area (Å²) in [5.74, 6) is -0.151. The second-order valence-electron chi connectivity index (χ2n) is 3.51. The normalized spacial score (nSPS) is 18.7. The maximum Gasteiger partial charge on any atom is 0.137 e. The quantitative estimate of drug-likeness (QED) is 0.737. The van der Waals surface area contributed by atoms with Crippen LogP contribution in [0.4, 0.5) is 4.39 Å². The molecule has 70 valence electrons. The molecule has 0 amide bonds. The van der Waals surface area contributed by atoms with Gasteiger partial charge in [0.1, 0.15) is 5.82 Å². The predicted octanol–water partition coefficient (Wildman–Crippen LogP) is 2.50. The summed E-state index contributed by atoms with van der Waals surface area (Å²) < 4.78 is 13.3. The summed E-state index contributed by atoms with van der Waals surface area (Å²) in [6, 6.07) is 5.31. The van der Waals surface area contributed by atoms with E-state index in [0.29, 0.717) is 4.90 Å². The lowest BCUT2D eigenvalue weighted by molar-refractivity contribution is 0.593. The van der Waals surface area contributed by atoms with Crippen LogP contribution in [0.1, 0.15) is 18.4 Å².